The van der Waals surface area contributed by atoms with Crippen molar-refractivity contribution in [3.63, 3.8) is 0 Å². The molecule has 29 heavy (non-hydrogen) atoms. The maximum Gasteiger partial charge on any atom is 0.325 e. The predicted octanol–water partition coefficient (Wildman–Crippen LogP) is 2.26. The van der Waals surface area contributed by atoms with Crippen molar-refractivity contribution < 1.29 is 28.4 Å². The first-order valence-corrected chi connectivity index (χ1v) is 8.42. The monoisotopic (exact) mass is 403 g/mol. The van der Waals surface area contributed by atoms with Crippen LogP contribution >= 0.6 is 0 Å². The van der Waals surface area contributed by atoms with E-state index >= 15 is 0 Å². The number of nitrogens with zero attached hydrogens (tertiary/aromatic N) is 1. The maximum atomic E-state index is 13.6. The Kier molecular flexibility index (Phi) is 6.96. The van der Waals surface area contributed by atoms with E-state index in [1.807, 2.05) is 13.8 Å². The highest BCUT2D eigenvalue weighted by Crippen LogP contribution is 2.21. The van der Waals surface area contributed by atoms with Gasteiger partial charge in [0.2, 0.25) is 0 Å². The van der Waals surface area contributed by atoms with Gasteiger partial charge in [-0.15, -0.1) is 0 Å². The number of aryl methyl sites for hydroxylation is 2. The molecule has 0 saturated carbocycles. The number of amides is 2. The van der Waals surface area contributed by atoms with E-state index in [1.54, 1.807) is 18.2 Å². The van der Waals surface area contributed by atoms with Crippen molar-refractivity contribution in [2.24, 2.45) is 0 Å². The molecule has 0 unspecified atom stereocenters. The lowest BCUT2D eigenvalue weighted by atomic mass is 10.1. The highest BCUT2D eigenvalue weighted by Gasteiger charge is 2.15. The number of carbonyl (C=O) groups is 3. The van der Waals surface area contributed by atoms with Crippen molar-refractivity contribution in [1.82, 2.24) is 5.32 Å². The van der Waals surface area contributed by atoms with Crippen molar-refractivity contribution >= 4 is 29.2 Å². The lowest BCUT2D eigenvalue weighted by Gasteiger charge is -2.09. The van der Waals surface area contributed by atoms with E-state index in [9.17, 15) is 28.9 Å². The SMILES string of the molecule is Cc1ccc(C(=O)NCC(=O)OCC(=O)Nc2cc([N+](=O)[O-])ccc2F)cc1C. The molecule has 2 amide bonds. The number of nitro benzene ring substituents is 1. The van der Waals surface area contributed by atoms with Crippen LogP contribution in [0.3, 0.4) is 0 Å². The number of nitro groups is 1. The molecule has 0 saturated heterocycles. The number of hydrogen-bond acceptors (Lipinski definition) is 6. The molecule has 2 N–H and O–H groups in total. The van der Waals surface area contributed by atoms with Crippen LogP contribution in [0.2, 0.25) is 0 Å². The van der Waals surface area contributed by atoms with Gasteiger partial charge in [-0.3, -0.25) is 24.5 Å². The van der Waals surface area contributed by atoms with Gasteiger partial charge >= 0.3 is 5.97 Å². The number of rotatable bonds is 7. The van der Waals surface area contributed by atoms with Crippen LogP contribution in [0.5, 0.6) is 0 Å². The third-order valence-corrected chi connectivity index (χ3v) is 3.96. The number of non-ortho nitro benzene ring substituents is 1. The summed E-state index contributed by atoms with van der Waals surface area (Å²) in [5, 5.41) is 15.1. The highest BCUT2D eigenvalue weighted by molar-refractivity contribution is 5.97. The summed E-state index contributed by atoms with van der Waals surface area (Å²) in [5.74, 6) is -3.13. The molecule has 0 fully saturated rings. The Hall–Kier alpha value is -3.82. The van der Waals surface area contributed by atoms with Gasteiger partial charge in [-0.1, -0.05) is 6.07 Å². The van der Waals surface area contributed by atoms with Gasteiger partial charge in [-0.05, 0) is 43.2 Å². The molecule has 0 spiro atoms. The number of carbonyl (C=O) groups excluding carboxylic acids is 3. The van der Waals surface area contributed by atoms with E-state index in [0.29, 0.717) is 5.56 Å². The first-order chi connectivity index (χ1) is 13.7. The molecule has 2 rings (SSSR count). The molecule has 0 aromatic heterocycles. The molecule has 0 aliphatic heterocycles. The number of anilines is 1. The first-order valence-electron chi connectivity index (χ1n) is 8.42. The summed E-state index contributed by atoms with van der Waals surface area (Å²) in [5.41, 5.74) is 1.49. The second-order valence-corrected chi connectivity index (χ2v) is 6.11. The molecule has 0 aliphatic rings. The molecular weight excluding hydrogens is 385 g/mol. The summed E-state index contributed by atoms with van der Waals surface area (Å²) in [6.07, 6.45) is 0. The van der Waals surface area contributed by atoms with Gasteiger partial charge < -0.3 is 15.4 Å². The van der Waals surface area contributed by atoms with E-state index in [4.69, 9.17) is 4.74 Å². The average Bonchev–Trinajstić information content (AvgIpc) is 2.68. The van der Waals surface area contributed by atoms with Gasteiger partial charge in [0.25, 0.3) is 17.5 Å². The number of esters is 1. The van der Waals surface area contributed by atoms with E-state index in [0.717, 1.165) is 29.3 Å². The van der Waals surface area contributed by atoms with Crippen LogP contribution in [0.4, 0.5) is 15.8 Å². The quantitative estimate of drug-likeness (QED) is 0.415. The number of ether oxygens (including phenoxy) is 1. The Morgan fingerprint density at radius 2 is 1.83 bits per heavy atom. The van der Waals surface area contributed by atoms with E-state index in [2.05, 4.69) is 10.6 Å². The van der Waals surface area contributed by atoms with Crippen LogP contribution in [0.1, 0.15) is 21.5 Å². The maximum absolute atomic E-state index is 13.6. The van der Waals surface area contributed by atoms with Crippen LogP contribution in [0.15, 0.2) is 36.4 Å². The topological polar surface area (TPSA) is 128 Å². The Bertz CT molecular complexity index is 976. The highest BCUT2D eigenvalue weighted by atomic mass is 19.1. The van der Waals surface area contributed by atoms with Gasteiger partial charge in [-0.2, -0.15) is 0 Å². The molecule has 2 aromatic rings. The van der Waals surface area contributed by atoms with E-state index in [-0.39, 0.29) is 0 Å². The lowest BCUT2D eigenvalue weighted by molar-refractivity contribution is -0.384. The van der Waals surface area contributed by atoms with Crippen LogP contribution in [-0.2, 0) is 14.3 Å². The summed E-state index contributed by atoms with van der Waals surface area (Å²) in [4.78, 5) is 45.4. The predicted molar refractivity (Wildman–Crippen MR) is 101 cm³/mol. The van der Waals surface area contributed by atoms with Crippen LogP contribution in [0.25, 0.3) is 0 Å². The smallest absolute Gasteiger partial charge is 0.325 e. The van der Waals surface area contributed by atoms with Crippen molar-refractivity contribution in [3.05, 3.63) is 69.0 Å². The molecule has 10 heteroatoms. The van der Waals surface area contributed by atoms with Gasteiger partial charge in [0.05, 0.1) is 10.6 Å². The van der Waals surface area contributed by atoms with Crippen LogP contribution in [0, 0.1) is 29.8 Å². The molecule has 2 aromatic carbocycles. The second kappa shape index (κ2) is 9.40. The average molecular weight is 403 g/mol. The van der Waals surface area contributed by atoms with Crippen LogP contribution < -0.4 is 10.6 Å². The molecule has 9 nitrogen and oxygen atoms in total. The third-order valence-electron chi connectivity index (χ3n) is 3.96. The molecule has 0 atom stereocenters. The largest absolute Gasteiger partial charge is 0.454 e. The molecule has 0 bridgehead atoms. The van der Waals surface area contributed by atoms with Crippen molar-refractivity contribution in [3.8, 4) is 0 Å². The minimum atomic E-state index is -0.891. The summed E-state index contributed by atoms with van der Waals surface area (Å²) >= 11 is 0. The van der Waals surface area contributed by atoms with Crippen molar-refractivity contribution in [2.75, 3.05) is 18.5 Å². The van der Waals surface area contributed by atoms with Crippen molar-refractivity contribution in [1.29, 1.82) is 0 Å². The molecule has 0 aliphatic carbocycles. The summed E-state index contributed by atoms with van der Waals surface area (Å²) < 4.78 is 18.3. The molecule has 152 valence electrons. The van der Waals surface area contributed by atoms with Gasteiger partial charge in [0, 0.05) is 17.7 Å². The molecule has 0 heterocycles. The second-order valence-electron chi connectivity index (χ2n) is 6.11. The minimum absolute atomic E-state index is 0.375. The Morgan fingerprint density at radius 3 is 2.48 bits per heavy atom. The number of halogens is 1. The zero-order chi connectivity index (χ0) is 21.6. The summed E-state index contributed by atoms with van der Waals surface area (Å²) in [6.45, 7) is 2.53. The number of benzene rings is 2. The zero-order valence-electron chi connectivity index (χ0n) is 15.7. The summed E-state index contributed by atoms with van der Waals surface area (Å²) in [7, 11) is 0. The standard InChI is InChI=1S/C19H18FN3O6/c1-11-3-4-13(7-12(11)2)19(26)21-9-18(25)29-10-17(24)22-16-8-14(23(27)28)5-6-15(16)20/h3-8H,9-10H2,1-2H3,(H,21,26)(H,22,24). The number of nitrogens with one attached hydrogen (secondary N) is 2. The fourth-order valence-electron chi connectivity index (χ4n) is 2.24. The normalized spacial score (nSPS) is 10.2. The van der Waals surface area contributed by atoms with Gasteiger partial charge in [-0.25, -0.2) is 4.39 Å². The van der Waals surface area contributed by atoms with E-state index < -0.39 is 53.1 Å². The van der Waals surface area contributed by atoms with Crippen molar-refractivity contribution in [2.45, 2.75) is 13.8 Å². The Balaban J connectivity index is 1.82. The van der Waals surface area contributed by atoms with Gasteiger partial charge in [0.15, 0.2) is 6.61 Å². The molecule has 0 radical (unpaired) electrons. The van der Waals surface area contributed by atoms with E-state index in [1.165, 1.54) is 0 Å². The number of hydrogen-bond donors (Lipinski definition) is 2. The Morgan fingerprint density at radius 1 is 1.10 bits per heavy atom. The minimum Gasteiger partial charge on any atom is -0.454 e. The third kappa shape index (κ3) is 6.09. The fraction of sp³-hybridized carbons (Fsp3) is 0.211. The Labute approximate surface area is 165 Å². The lowest BCUT2D eigenvalue weighted by Crippen LogP contribution is -2.32. The first kappa shape index (κ1) is 21.5. The van der Waals surface area contributed by atoms with Gasteiger partial charge in [0.1, 0.15) is 12.4 Å². The summed E-state index contributed by atoms with van der Waals surface area (Å²) in [6, 6.07) is 7.70. The fourth-order valence-corrected chi connectivity index (χ4v) is 2.24. The molecular formula is C19H18FN3O6. The van der Waals surface area contributed by atoms with Crippen LogP contribution in [-0.4, -0.2) is 35.9 Å². The zero-order valence-corrected chi connectivity index (χ0v) is 15.7.